The number of halogens is 1. The second kappa shape index (κ2) is 23.5. The fourth-order valence-corrected chi connectivity index (χ4v) is 9.91. The molecule has 13 nitrogen and oxygen atoms in total. The van der Waals surface area contributed by atoms with Crippen LogP contribution in [0.15, 0.2) is 109 Å². The number of aryl methyl sites for hydroxylation is 1. The predicted molar refractivity (Wildman–Crippen MR) is 272 cm³/mol. The summed E-state index contributed by atoms with van der Waals surface area (Å²) in [5.41, 5.74) is 9.20. The molecule has 2 aliphatic heterocycles. The van der Waals surface area contributed by atoms with Crippen LogP contribution in [0.3, 0.4) is 0 Å². The Balaban J connectivity index is 0.858. The maximum atomic E-state index is 14.1. The summed E-state index contributed by atoms with van der Waals surface area (Å²) in [5, 5.41) is 26.4. The second-order valence-electron chi connectivity index (χ2n) is 18.7. The number of rotatable bonds is 18. The number of β-amino-alcohol motifs (C(OH)–C–C–N with tert-alkyl or cyclic N) is 1. The van der Waals surface area contributed by atoms with Crippen molar-refractivity contribution in [3.05, 3.63) is 137 Å². The molecule has 0 saturated carbocycles. The number of aromatic hydroxyl groups is 1. The molecule has 4 amide bonds. The normalized spacial score (nSPS) is 17.2. The maximum Gasteiger partial charge on any atom is 0.246 e. The third-order valence-electron chi connectivity index (χ3n) is 12.7. The van der Waals surface area contributed by atoms with Gasteiger partial charge in [0.05, 0.1) is 22.2 Å². The molecule has 3 heterocycles. The van der Waals surface area contributed by atoms with Gasteiger partial charge in [-0.25, -0.2) is 4.98 Å². The molecular weight excluding hydrogens is 912 g/mol. The number of carbonyl (C=O) groups is 4. The van der Waals surface area contributed by atoms with Crippen LogP contribution >= 0.6 is 22.9 Å². The number of alkyl halides is 1. The highest BCUT2D eigenvalue weighted by molar-refractivity contribution is 7.13. The molecule has 7 rings (SSSR count). The van der Waals surface area contributed by atoms with Crippen LogP contribution in [0.4, 0.5) is 0 Å². The van der Waals surface area contributed by atoms with Crippen molar-refractivity contribution in [2.75, 3.05) is 51.8 Å². The number of aliphatic hydroxyl groups is 1. The van der Waals surface area contributed by atoms with E-state index in [9.17, 15) is 29.4 Å². The summed E-state index contributed by atoms with van der Waals surface area (Å²) in [6.07, 6.45) is -0.229. The van der Waals surface area contributed by atoms with Gasteiger partial charge in [0.25, 0.3) is 0 Å². The number of aliphatic hydroxyl groups excluding tert-OH is 1. The third-order valence-corrected chi connectivity index (χ3v) is 13.9. The molecule has 2 saturated heterocycles. The number of likely N-dealkylation sites (tertiary alicyclic amines) is 1. The largest absolute Gasteiger partial charge is 0.508 e. The number of aromatic nitrogens is 1. The van der Waals surface area contributed by atoms with Gasteiger partial charge in [0, 0.05) is 71.0 Å². The Labute approximate surface area is 414 Å². The van der Waals surface area contributed by atoms with E-state index in [4.69, 9.17) is 16.3 Å². The van der Waals surface area contributed by atoms with Gasteiger partial charge < -0.3 is 35.4 Å². The van der Waals surface area contributed by atoms with E-state index < -0.39 is 35.4 Å². The van der Waals surface area contributed by atoms with Crippen molar-refractivity contribution in [3.63, 3.8) is 0 Å². The summed E-state index contributed by atoms with van der Waals surface area (Å²) < 4.78 is 6.17. The van der Waals surface area contributed by atoms with Crippen LogP contribution < -0.4 is 15.4 Å². The highest BCUT2D eigenvalue weighted by Gasteiger charge is 2.44. The molecule has 0 aliphatic carbocycles. The van der Waals surface area contributed by atoms with Gasteiger partial charge in [-0.15, -0.1) is 22.9 Å². The summed E-state index contributed by atoms with van der Waals surface area (Å²) in [4.78, 5) is 65.1. The molecule has 2 fully saturated rings. The summed E-state index contributed by atoms with van der Waals surface area (Å²) >= 11 is 7.89. The molecule has 4 aromatic carbocycles. The molecule has 69 heavy (non-hydrogen) atoms. The van der Waals surface area contributed by atoms with Crippen molar-refractivity contribution < 1.29 is 34.1 Å². The van der Waals surface area contributed by atoms with Gasteiger partial charge in [-0.05, 0) is 82.0 Å². The standard InChI is InChI=1S/C54H63ClN6O7S/c1-36-50(69-35-57-36)41-12-10-37(11-13-41)33-56-52(66)46-32-43(63)34-61(46)53(67)51(54(2,3)4)58-47(64)22-23-48(65)60-28-26-59(27-29-60)30-31-68-44-20-16-40(17-21-44)49(39-14-18-42(62)19-15-39)45(24-25-55)38-8-6-5-7-9-38/h5-21,35,43,46,51,62-63H,22-34H2,1-4H3,(H,56,66)(H,58,64)/t43?,46?,51-/m1/s1. The molecule has 1 aromatic heterocycles. The first-order valence-corrected chi connectivity index (χ1v) is 25.0. The van der Waals surface area contributed by atoms with Gasteiger partial charge in [0.2, 0.25) is 23.6 Å². The lowest BCUT2D eigenvalue weighted by Gasteiger charge is -2.36. The van der Waals surface area contributed by atoms with Crippen LogP contribution in [0.25, 0.3) is 21.6 Å². The Bertz CT molecular complexity index is 2550. The SMILES string of the molecule is Cc1ncsc1-c1ccc(CNC(=O)C2CC(O)CN2C(=O)[C@@H](NC(=O)CCC(=O)N2CCN(CCOc3ccc(C(=C(CCCl)c4ccccc4)c4ccc(O)cc4)cc3)CC2)C(C)(C)C)cc1. The number of nitrogens with one attached hydrogen (secondary N) is 2. The van der Waals surface area contributed by atoms with Crippen molar-refractivity contribution >= 4 is 57.7 Å². The number of thiazole rings is 1. The minimum Gasteiger partial charge on any atom is -0.508 e. The molecular formula is C54H63ClN6O7S. The monoisotopic (exact) mass is 974 g/mol. The molecule has 5 aromatic rings. The number of nitrogens with zero attached hydrogens (tertiary/aromatic N) is 4. The highest BCUT2D eigenvalue weighted by atomic mass is 35.5. The Morgan fingerprint density at radius 3 is 2.14 bits per heavy atom. The fraction of sp³-hybridized carbons (Fsp3) is 0.389. The molecule has 3 atom stereocenters. The Hall–Kier alpha value is -6.06. The number of phenolic OH excluding ortho intramolecular Hbond substituents is 1. The van der Waals surface area contributed by atoms with Gasteiger partial charge in [0.15, 0.2) is 0 Å². The first-order chi connectivity index (χ1) is 33.2. The Kier molecular flexibility index (Phi) is 17.3. The quantitative estimate of drug-likeness (QED) is 0.0514. The van der Waals surface area contributed by atoms with E-state index in [2.05, 4.69) is 32.7 Å². The van der Waals surface area contributed by atoms with Crippen LogP contribution in [0.1, 0.15) is 74.4 Å². The van der Waals surface area contributed by atoms with Crippen LogP contribution in [-0.2, 0) is 25.7 Å². The first-order valence-electron chi connectivity index (χ1n) is 23.6. The van der Waals surface area contributed by atoms with Crippen LogP contribution in [0, 0.1) is 12.3 Å². The number of benzene rings is 4. The number of carbonyl (C=O) groups excluding carboxylic acids is 4. The van der Waals surface area contributed by atoms with Gasteiger partial charge in [-0.1, -0.05) is 99.6 Å². The molecule has 364 valence electrons. The van der Waals surface area contributed by atoms with Crippen LogP contribution in [0.2, 0.25) is 0 Å². The summed E-state index contributed by atoms with van der Waals surface area (Å²) in [7, 11) is 0. The van der Waals surface area contributed by atoms with Crippen LogP contribution in [0.5, 0.6) is 11.5 Å². The number of hydrogen-bond donors (Lipinski definition) is 4. The fourth-order valence-electron chi connectivity index (χ4n) is 8.91. The number of ether oxygens (including phenoxy) is 1. The molecule has 2 aliphatic rings. The van der Waals surface area contributed by atoms with Crippen LogP contribution in [-0.4, -0.2) is 123 Å². The van der Waals surface area contributed by atoms with Gasteiger partial charge in [0.1, 0.15) is 30.2 Å². The molecule has 0 bridgehead atoms. The zero-order valence-electron chi connectivity index (χ0n) is 39.8. The third kappa shape index (κ3) is 13.4. The lowest BCUT2D eigenvalue weighted by atomic mass is 9.85. The van der Waals surface area contributed by atoms with Gasteiger partial charge in [-0.3, -0.25) is 24.1 Å². The van der Waals surface area contributed by atoms with Crippen molar-refractivity contribution in [1.29, 1.82) is 0 Å². The second-order valence-corrected chi connectivity index (χ2v) is 20.0. The van der Waals surface area contributed by atoms with Crippen molar-refractivity contribution in [1.82, 2.24) is 30.3 Å². The first kappa shape index (κ1) is 50.8. The molecule has 4 N–H and O–H groups in total. The Morgan fingerprint density at radius 1 is 0.855 bits per heavy atom. The van der Waals surface area contributed by atoms with Gasteiger partial charge >= 0.3 is 0 Å². The zero-order valence-corrected chi connectivity index (χ0v) is 41.4. The predicted octanol–water partition coefficient (Wildman–Crippen LogP) is 7.52. The summed E-state index contributed by atoms with van der Waals surface area (Å²) in [5.74, 6) is 0.00693. The Morgan fingerprint density at radius 2 is 1.52 bits per heavy atom. The van der Waals surface area contributed by atoms with Gasteiger partial charge in [-0.2, -0.15) is 0 Å². The van der Waals surface area contributed by atoms with Crippen molar-refractivity contribution in [2.24, 2.45) is 5.41 Å². The van der Waals surface area contributed by atoms with E-state index in [0.29, 0.717) is 51.6 Å². The summed E-state index contributed by atoms with van der Waals surface area (Å²) in [6, 6.07) is 31.4. The van der Waals surface area contributed by atoms with Crippen molar-refractivity contribution in [2.45, 2.75) is 78.1 Å². The number of phenols is 1. The minimum atomic E-state index is -0.986. The smallest absolute Gasteiger partial charge is 0.246 e. The molecule has 2 unspecified atom stereocenters. The van der Waals surface area contributed by atoms with E-state index in [0.717, 1.165) is 55.3 Å². The number of piperazine rings is 1. The average Bonchev–Trinajstić information content (AvgIpc) is 3.97. The maximum absolute atomic E-state index is 14.1. The molecule has 0 spiro atoms. The van der Waals surface area contributed by atoms with E-state index in [1.165, 1.54) is 4.90 Å². The van der Waals surface area contributed by atoms with Crippen molar-refractivity contribution in [3.8, 4) is 21.9 Å². The highest BCUT2D eigenvalue weighted by Crippen LogP contribution is 2.36. The lowest BCUT2D eigenvalue weighted by Crippen LogP contribution is -2.57. The molecule has 15 heteroatoms. The van der Waals surface area contributed by atoms with E-state index in [-0.39, 0.29) is 49.9 Å². The average molecular weight is 976 g/mol. The number of amides is 4. The van der Waals surface area contributed by atoms with E-state index >= 15 is 0 Å². The molecule has 0 radical (unpaired) electrons. The van der Waals surface area contributed by atoms with E-state index in [1.54, 1.807) is 28.4 Å². The number of allylic oxidation sites excluding steroid dienone is 1. The minimum absolute atomic E-state index is 0.00335. The number of hydrogen-bond acceptors (Lipinski definition) is 10. The zero-order chi connectivity index (χ0) is 49.1. The van der Waals surface area contributed by atoms with E-state index in [1.807, 2.05) is 112 Å². The lowest BCUT2D eigenvalue weighted by molar-refractivity contribution is -0.144. The summed E-state index contributed by atoms with van der Waals surface area (Å²) in [6.45, 7) is 11.2. The topological polar surface area (TPSA) is 165 Å².